The molecule has 0 radical (unpaired) electrons. The lowest BCUT2D eigenvalue weighted by Crippen LogP contribution is -2.41. The summed E-state index contributed by atoms with van der Waals surface area (Å²) in [5.74, 6) is -0.927. The quantitative estimate of drug-likeness (QED) is 0.670. The van der Waals surface area contributed by atoms with Crippen LogP contribution in [0.15, 0.2) is 24.3 Å². The third kappa shape index (κ3) is 6.32. The molecule has 0 spiro atoms. The van der Waals surface area contributed by atoms with Gasteiger partial charge in [0.05, 0.1) is 27.7 Å². The second-order valence-electron chi connectivity index (χ2n) is 7.01. The number of urea groups is 1. The molecular weight excluding hydrogens is 396 g/mol. The zero-order valence-corrected chi connectivity index (χ0v) is 17.7. The number of benzene rings is 1. The lowest BCUT2D eigenvalue weighted by Gasteiger charge is -2.09. The third-order valence-electron chi connectivity index (χ3n) is 4.15. The van der Waals surface area contributed by atoms with Gasteiger partial charge < -0.3 is 10.1 Å². The molecule has 0 unspecified atom stereocenters. The van der Waals surface area contributed by atoms with E-state index in [1.165, 1.54) is 0 Å². The van der Waals surface area contributed by atoms with Gasteiger partial charge in [0.25, 0.3) is 5.91 Å². The van der Waals surface area contributed by atoms with Gasteiger partial charge in [0, 0.05) is 6.54 Å². The highest BCUT2D eigenvalue weighted by molar-refractivity contribution is 6.31. The summed E-state index contributed by atoms with van der Waals surface area (Å²) in [6.07, 6.45) is 0.802. The molecule has 2 aromatic rings. The van der Waals surface area contributed by atoms with Crippen LogP contribution in [0.1, 0.15) is 42.0 Å². The Morgan fingerprint density at radius 2 is 1.83 bits per heavy atom. The van der Waals surface area contributed by atoms with E-state index in [1.54, 1.807) is 28.9 Å². The Balaban J connectivity index is 1.85. The number of hydrogen-bond acceptors (Lipinski definition) is 5. The lowest BCUT2D eigenvalue weighted by atomic mass is 10.1. The van der Waals surface area contributed by atoms with E-state index in [2.05, 4.69) is 15.7 Å². The van der Waals surface area contributed by atoms with Crippen LogP contribution in [0.2, 0.25) is 5.02 Å². The van der Waals surface area contributed by atoms with Crippen molar-refractivity contribution in [1.29, 1.82) is 0 Å². The van der Waals surface area contributed by atoms with E-state index in [4.69, 9.17) is 16.3 Å². The maximum Gasteiger partial charge on any atom is 0.338 e. The number of ether oxygens (including phenoxy) is 1. The number of hydrogen-bond donors (Lipinski definition) is 2. The fourth-order valence-corrected chi connectivity index (χ4v) is 2.63. The summed E-state index contributed by atoms with van der Waals surface area (Å²) in [5, 5.41) is 9.62. The van der Waals surface area contributed by atoms with Crippen molar-refractivity contribution < 1.29 is 19.1 Å². The Hall–Kier alpha value is -2.87. The molecule has 1 aromatic heterocycles. The summed E-state index contributed by atoms with van der Waals surface area (Å²) >= 11 is 6.15. The molecule has 0 saturated carbocycles. The van der Waals surface area contributed by atoms with Crippen LogP contribution >= 0.6 is 11.6 Å². The predicted octanol–water partition coefficient (Wildman–Crippen LogP) is 3.17. The van der Waals surface area contributed by atoms with E-state index in [1.807, 2.05) is 27.7 Å². The van der Waals surface area contributed by atoms with Gasteiger partial charge in [-0.3, -0.25) is 10.1 Å². The topological polar surface area (TPSA) is 102 Å². The molecular formula is C20H25ClN4O4. The number of amides is 3. The molecule has 156 valence electrons. The molecule has 0 saturated heterocycles. The van der Waals surface area contributed by atoms with E-state index in [-0.39, 0.29) is 5.56 Å². The van der Waals surface area contributed by atoms with Gasteiger partial charge in [-0.25, -0.2) is 14.3 Å². The van der Waals surface area contributed by atoms with E-state index < -0.39 is 24.5 Å². The fourth-order valence-electron chi connectivity index (χ4n) is 2.51. The standard InChI is InChI=1S/C20H25ClN4O4/c1-12(2)9-10-22-20(28)23-17(26)11-29-19(27)15-5-7-16(8-6-15)25-14(4)18(21)13(3)24-25/h5-8,12H,9-11H2,1-4H3,(H2,22,23,26,28). The number of carbonyl (C=O) groups is 3. The number of nitrogens with one attached hydrogen (secondary N) is 2. The van der Waals surface area contributed by atoms with Gasteiger partial charge in [-0.05, 0) is 50.5 Å². The number of carbonyl (C=O) groups excluding carboxylic acids is 3. The number of halogens is 1. The fraction of sp³-hybridized carbons (Fsp3) is 0.400. The summed E-state index contributed by atoms with van der Waals surface area (Å²) in [6.45, 7) is 7.64. The van der Waals surface area contributed by atoms with Crippen LogP contribution in [0, 0.1) is 19.8 Å². The second-order valence-corrected chi connectivity index (χ2v) is 7.38. The van der Waals surface area contributed by atoms with Crippen molar-refractivity contribution in [3.05, 3.63) is 46.2 Å². The Kier molecular flexibility index (Phi) is 7.78. The van der Waals surface area contributed by atoms with E-state index >= 15 is 0 Å². The number of esters is 1. The summed E-state index contributed by atoms with van der Waals surface area (Å²) in [4.78, 5) is 35.4. The molecule has 3 amide bonds. The average Bonchev–Trinajstić information content (AvgIpc) is 2.93. The molecule has 2 rings (SSSR count). The highest BCUT2D eigenvalue weighted by atomic mass is 35.5. The molecule has 0 fully saturated rings. The van der Waals surface area contributed by atoms with Crippen molar-refractivity contribution in [2.24, 2.45) is 5.92 Å². The van der Waals surface area contributed by atoms with Crippen LogP contribution < -0.4 is 10.6 Å². The van der Waals surface area contributed by atoms with Gasteiger partial charge in [-0.15, -0.1) is 0 Å². The van der Waals surface area contributed by atoms with Crippen LogP contribution in [0.5, 0.6) is 0 Å². The first kappa shape index (κ1) is 22.4. The SMILES string of the molecule is Cc1nn(-c2ccc(C(=O)OCC(=O)NC(=O)NCCC(C)C)cc2)c(C)c1Cl. The largest absolute Gasteiger partial charge is 0.452 e. The summed E-state index contributed by atoms with van der Waals surface area (Å²) < 4.78 is 6.63. The average molecular weight is 421 g/mol. The van der Waals surface area contributed by atoms with Gasteiger partial charge in [0.15, 0.2) is 6.61 Å². The zero-order chi connectivity index (χ0) is 21.6. The Morgan fingerprint density at radius 3 is 2.38 bits per heavy atom. The van der Waals surface area contributed by atoms with Gasteiger partial charge >= 0.3 is 12.0 Å². The van der Waals surface area contributed by atoms with Gasteiger partial charge in [0.1, 0.15) is 0 Å². The number of aryl methyl sites for hydroxylation is 1. The van der Waals surface area contributed by atoms with Crippen molar-refractivity contribution in [3.8, 4) is 5.69 Å². The molecule has 0 aliphatic rings. The van der Waals surface area contributed by atoms with Gasteiger partial charge in [-0.1, -0.05) is 25.4 Å². The Morgan fingerprint density at radius 1 is 1.17 bits per heavy atom. The first-order valence-corrected chi connectivity index (χ1v) is 9.63. The number of nitrogens with zero attached hydrogens (tertiary/aromatic N) is 2. The zero-order valence-electron chi connectivity index (χ0n) is 16.9. The molecule has 1 aromatic carbocycles. The lowest BCUT2D eigenvalue weighted by molar-refractivity contribution is -0.123. The summed E-state index contributed by atoms with van der Waals surface area (Å²) in [6, 6.07) is 5.93. The summed E-state index contributed by atoms with van der Waals surface area (Å²) in [5.41, 5.74) is 2.52. The first-order chi connectivity index (χ1) is 13.7. The highest BCUT2D eigenvalue weighted by Gasteiger charge is 2.14. The molecule has 0 aliphatic heterocycles. The minimum atomic E-state index is -0.700. The van der Waals surface area contributed by atoms with E-state index in [0.717, 1.165) is 17.8 Å². The monoisotopic (exact) mass is 420 g/mol. The van der Waals surface area contributed by atoms with Crippen molar-refractivity contribution in [2.75, 3.05) is 13.2 Å². The van der Waals surface area contributed by atoms with E-state index in [9.17, 15) is 14.4 Å². The molecule has 1 heterocycles. The maximum absolute atomic E-state index is 12.1. The minimum Gasteiger partial charge on any atom is -0.452 e. The predicted molar refractivity (Wildman–Crippen MR) is 109 cm³/mol. The molecule has 2 N–H and O–H groups in total. The third-order valence-corrected chi connectivity index (χ3v) is 4.69. The molecule has 0 atom stereocenters. The Bertz CT molecular complexity index is 891. The first-order valence-electron chi connectivity index (χ1n) is 9.26. The van der Waals surface area contributed by atoms with Gasteiger partial charge in [0.2, 0.25) is 0 Å². The Labute approximate surface area is 174 Å². The maximum atomic E-state index is 12.1. The van der Waals surface area contributed by atoms with Crippen molar-refractivity contribution in [2.45, 2.75) is 34.1 Å². The molecule has 0 bridgehead atoms. The summed E-state index contributed by atoms with van der Waals surface area (Å²) in [7, 11) is 0. The van der Waals surface area contributed by atoms with Gasteiger partial charge in [-0.2, -0.15) is 5.10 Å². The number of imide groups is 1. The second kappa shape index (κ2) is 10.1. The van der Waals surface area contributed by atoms with E-state index in [0.29, 0.717) is 23.2 Å². The van der Waals surface area contributed by atoms with Crippen molar-refractivity contribution in [3.63, 3.8) is 0 Å². The number of rotatable bonds is 7. The van der Waals surface area contributed by atoms with Crippen molar-refractivity contribution >= 4 is 29.5 Å². The smallest absolute Gasteiger partial charge is 0.338 e. The molecule has 29 heavy (non-hydrogen) atoms. The number of aromatic nitrogens is 2. The molecule has 0 aliphatic carbocycles. The van der Waals surface area contributed by atoms with Crippen LogP contribution in [0.4, 0.5) is 4.79 Å². The molecule has 9 heteroatoms. The minimum absolute atomic E-state index is 0.274. The highest BCUT2D eigenvalue weighted by Crippen LogP contribution is 2.22. The normalized spacial score (nSPS) is 10.7. The van der Waals surface area contributed by atoms with Crippen LogP contribution in [-0.2, 0) is 9.53 Å². The van der Waals surface area contributed by atoms with Crippen LogP contribution in [0.25, 0.3) is 5.69 Å². The van der Waals surface area contributed by atoms with Crippen LogP contribution in [0.3, 0.4) is 0 Å². The van der Waals surface area contributed by atoms with Crippen LogP contribution in [-0.4, -0.2) is 40.8 Å². The van der Waals surface area contributed by atoms with Crippen molar-refractivity contribution in [1.82, 2.24) is 20.4 Å². The molecule has 8 nitrogen and oxygen atoms in total.